The first-order valence-corrected chi connectivity index (χ1v) is 4.97. The molecule has 0 aliphatic heterocycles. The summed E-state index contributed by atoms with van der Waals surface area (Å²) < 4.78 is 26.2. The lowest BCUT2D eigenvalue weighted by Gasteiger charge is -2.03. The van der Waals surface area contributed by atoms with Gasteiger partial charge in [0.05, 0.1) is 12.2 Å². The third-order valence-electron chi connectivity index (χ3n) is 1.99. The summed E-state index contributed by atoms with van der Waals surface area (Å²) in [6.07, 6.45) is 3.27. The van der Waals surface area contributed by atoms with E-state index in [2.05, 4.69) is 11.9 Å². The average Bonchev–Trinajstić information content (AvgIpc) is 2.33. The first kappa shape index (κ1) is 15.1. The minimum Gasteiger partial charge on any atom is -0.396 e. The molecule has 0 saturated heterocycles. The van der Waals surface area contributed by atoms with Crippen LogP contribution in [0.15, 0.2) is 47.7 Å². The van der Waals surface area contributed by atoms with Crippen LogP contribution in [0.2, 0.25) is 0 Å². The molecule has 0 aromatic heterocycles. The molecule has 94 valence electrons. The summed E-state index contributed by atoms with van der Waals surface area (Å²) in [4.78, 5) is 11.2. The predicted octanol–water partition coefficient (Wildman–Crippen LogP) is 2.25. The van der Waals surface area contributed by atoms with Gasteiger partial charge in [0.2, 0.25) is 5.91 Å². The largest absolute Gasteiger partial charge is 0.396 e. The quantitative estimate of drug-likeness (QED) is 0.574. The molecule has 3 N–H and O–H groups in total. The number of nitrogens with two attached hydrogens (primary N) is 1. The third-order valence-corrected chi connectivity index (χ3v) is 1.99. The molecular formula is C12H16F2N2O. The fourth-order valence-corrected chi connectivity index (χ4v) is 0.805. The van der Waals surface area contributed by atoms with Crippen LogP contribution in [0.5, 0.6) is 0 Å². The lowest BCUT2D eigenvalue weighted by atomic mass is 10.2. The molecule has 5 heteroatoms. The van der Waals surface area contributed by atoms with Gasteiger partial charge in [-0.25, -0.2) is 8.78 Å². The van der Waals surface area contributed by atoms with Gasteiger partial charge in [-0.1, -0.05) is 12.7 Å². The molecule has 0 aliphatic rings. The SMILES string of the molecule is C=C/C(N)=C(F)\C=C(\F)CNC(=O)/C(C)=C/C. The number of hydrogen-bond donors (Lipinski definition) is 2. The van der Waals surface area contributed by atoms with Crippen LogP contribution in [-0.4, -0.2) is 12.5 Å². The Morgan fingerprint density at radius 2 is 2.06 bits per heavy atom. The third kappa shape index (κ3) is 5.65. The normalized spacial score (nSPS) is 14.1. The van der Waals surface area contributed by atoms with Gasteiger partial charge in [0, 0.05) is 11.6 Å². The van der Waals surface area contributed by atoms with Crippen molar-refractivity contribution >= 4 is 5.91 Å². The topological polar surface area (TPSA) is 55.1 Å². The molecule has 0 unspecified atom stereocenters. The van der Waals surface area contributed by atoms with Gasteiger partial charge in [-0.15, -0.1) is 0 Å². The van der Waals surface area contributed by atoms with Crippen LogP contribution in [0.25, 0.3) is 0 Å². The van der Waals surface area contributed by atoms with Crippen molar-refractivity contribution < 1.29 is 13.6 Å². The van der Waals surface area contributed by atoms with Gasteiger partial charge in [0.25, 0.3) is 0 Å². The van der Waals surface area contributed by atoms with E-state index in [1.807, 2.05) is 0 Å². The van der Waals surface area contributed by atoms with E-state index in [0.29, 0.717) is 11.6 Å². The molecular weight excluding hydrogens is 226 g/mol. The van der Waals surface area contributed by atoms with Gasteiger partial charge >= 0.3 is 0 Å². The molecule has 0 aliphatic carbocycles. The minimum absolute atomic E-state index is 0.254. The maximum Gasteiger partial charge on any atom is 0.246 e. The highest BCUT2D eigenvalue weighted by Crippen LogP contribution is 2.08. The van der Waals surface area contributed by atoms with E-state index in [4.69, 9.17) is 5.73 Å². The van der Waals surface area contributed by atoms with Crippen molar-refractivity contribution in [3.05, 3.63) is 47.7 Å². The summed E-state index contributed by atoms with van der Waals surface area (Å²) in [7, 11) is 0. The molecule has 0 radical (unpaired) electrons. The van der Waals surface area contributed by atoms with E-state index in [0.717, 1.165) is 6.08 Å². The van der Waals surface area contributed by atoms with Crippen LogP contribution in [0.1, 0.15) is 13.8 Å². The summed E-state index contributed by atoms with van der Waals surface area (Å²) in [5.41, 5.74) is 5.37. The highest BCUT2D eigenvalue weighted by atomic mass is 19.1. The number of carbonyl (C=O) groups is 1. The van der Waals surface area contributed by atoms with Crippen LogP contribution in [0.3, 0.4) is 0 Å². The number of halogens is 2. The Bertz CT molecular complexity index is 395. The molecule has 0 aromatic rings. The zero-order valence-electron chi connectivity index (χ0n) is 9.89. The standard InChI is InChI=1S/C12H16F2N2O/c1-4-8(3)12(17)16-7-9(13)6-10(14)11(15)5-2/h4-6H,2,7,15H2,1,3H3,(H,16,17)/b8-4+,9-6+,11-10-. The van der Waals surface area contributed by atoms with E-state index < -0.39 is 17.6 Å². The van der Waals surface area contributed by atoms with Crippen LogP contribution >= 0.6 is 0 Å². The van der Waals surface area contributed by atoms with E-state index >= 15 is 0 Å². The summed E-state index contributed by atoms with van der Waals surface area (Å²) in [6.45, 7) is 6.14. The lowest BCUT2D eigenvalue weighted by Crippen LogP contribution is -2.25. The average molecular weight is 242 g/mol. The molecule has 0 heterocycles. The molecule has 1 amide bonds. The van der Waals surface area contributed by atoms with Crippen molar-refractivity contribution in [1.82, 2.24) is 5.32 Å². The van der Waals surface area contributed by atoms with Gasteiger partial charge in [-0.05, 0) is 19.9 Å². The number of carbonyl (C=O) groups excluding carboxylic acids is 1. The van der Waals surface area contributed by atoms with Gasteiger partial charge < -0.3 is 11.1 Å². The molecule has 0 fully saturated rings. The van der Waals surface area contributed by atoms with Gasteiger partial charge in [-0.2, -0.15) is 0 Å². The van der Waals surface area contributed by atoms with Gasteiger partial charge in [0.15, 0.2) is 0 Å². The zero-order valence-corrected chi connectivity index (χ0v) is 9.89. The monoisotopic (exact) mass is 242 g/mol. The Kier molecular flexibility index (Phi) is 6.55. The number of rotatable bonds is 5. The van der Waals surface area contributed by atoms with Crippen molar-refractivity contribution in [3.63, 3.8) is 0 Å². The fraction of sp³-hybridized carbons (Fsp3) is 0.250. The van der Waals surface area contributed by atoms with Gasteiger partial charge in [-0.3, -0.25) is 4.79 Å². The summed E-state index contributed by atoms with van der Waals surface area (Å²) in [5, 5.41) is 2.29. The Morgan fingerprint density at radius 3 is 2.53 bits per heavy atom. The molecule has 0 aromatic carbocycles. The predicted molar refractivity (Wildman–Crippen MR) is 64.2 cm³/mol. The Hall–Kier alpha value is -1.91. The van der Waals surface area contributed by atoms with Crippen molar-refractivity contribution in [2.75, 3.05) is 6.54 Å². The number of allylic oxidation sites excluding steroid dienone is 4. The van der Waals surface area contributed by atoms with Gasteiger partial charge in [0.1, 0.15) is 11.7 Å². The molecule has 0 saturated carbocycles. The van der Waals surface area contributed by atoms with Crippen LogP contribution < -0.4 is 11.1 Å². The first-order valence-electron chi connectivity index (χ1n) is 4.97. The Labute approximate surface area is 99.4 Å². The van der Waals surface area contributed by atoms with Crippen molar-refractivity contribution in [1.29, 1.82) is 0 Å². The summed E-state index contributed by atoms with van der Waals surface area (Å²) in [5.74, 6) is -2.16. The van der Waals surface area contributed by atoms with Crippen molar-refractivity contribution in [2.24, 2.45) is 5.73 Å². The molecule has 3 nitrogen and oxygen atoms in total. The van der Waals surface area contributed by atoms with Crippen molar-refractivity contribution in [3.8, 4) is 0 Å². The molecule has 0 rings (SSSR count). The highest BCUT2D eigenvalue weighted by molar-refractivity contribution is 5.92. The first-order chi connectivity index (χ1) is 7.92. The lowest BCUT2D eigenvalue weighted by molar-refractivity contribution is -0.117. The smallest absolute Gasteiger partial charge is 0.246 e. The Morgan fingerprint density at radius 1 is 1.47 bits per heavy atom. The maximum absolute atomic E-state index is 13.1. The van der Waals surface area contributed by atoms with E-state index in [1.165, 1.54) is 0 Å². The molecule has 0 atom stereocenters. The van der Waals surface area contributed by atoms with E-state index in [-0.39, 0.29) is 12.2 Å². The molecule has 17 heavy (non-hydrogen) atoms. The van der Waals surface area contributed by atoms with Crippen LogP contribution in [0.4, 0.5) is 8.78 Å². The maximum atomic E-state index is 13.1. The second-order valence-corrected chi connectivity index (χ2v) is 3.25. The zero-order chi connectivity index (χ0) is 13.4. The van der Waals surface area contributed by atoms with Crippen LogP contribution in [-0.2, 0) is 4.79 Å². The van der Waals surface area contributed by atoms with Crippen molar-refractivity contribution in [2.45, 2.75) is 13.8 Å². The van der Waals surface area contributed by atoms with E-state index in [9.17, 15) is 13.6 Å². The summed E-state index contributed by atoms with van der Waals surface area (Å²) in [6, 6.07) is 0. The second kappa shape index (κ2) is 7.38. The number of hydrogen-bond acceptors (Lipinski definition) is 2. The Balaban J connectivity index is 4.48. The summed E-state index contributed by atoms with van der Waals surface area (Å²) >= 11 is 0. The van der Waals surface area contributed by atoms with E-state index in [1.54, 1.807) is 19.9 Å². The fourth-order valence-electron chi connectivity index (χ4n) is 0.805. The second-order valence-electron chi connectivity index (χ2n) is 3.25. The minimum atomic E-state index is -0.922. The molecule has 0 bridgehead atoms. The number of nitrogens with one attached hydrogen (secondary N) is 1. The number of amides is 1. The highest BCUT2D eigenvalue weighted by Gasteiger charge is 2.05. The molecule has 0 spiro atoms. The van der Waals surface area contributed by atoms with Crippen LogP contribution in [0, 0.1) is 0 Å².